The van der Waals surface area contributed by atoms with Gasteiger partial charge in [0.05, 0.1) is 5.92 Å². The molecule has 3 fully saturated rings. The summed E-state index contributed by atoms with van der Waals surface area (Å²) in [5.74, 6) is 1.54. The third kappa shape index (κ3) is 6.95. The van der Waals surface area contributed by atoms with Crippen LogP contribution in [0.5, 0.6) is 11.5 Å². The van der Waals surface area contributed by atoms with Gasteiger partial charge in [0.25, 0.3) is 0 Å². The van der Waals surface area contributed by atoms with E-state index in [0.29, 0.717) is 11.8 Å². The molecular formula is C29H41F3O3. The summed E-state index contributed by atoms with van der Waals surface area (Å²) >= 11 is 0. The summed E-state index contributed by atoms with van der Waals surface area (Å²) in [4.78, 5) is 13.0. The maximum Gasteiger partial charge on any atom is 0.387 e. The van der Waals surface area contributed by atoms with E-state index in [-0.39, 0.29) is 17.6 Å². The lowest BCUT2D eigenvalue weighted by atomic mass is 9.59. The molecule has 1 aromatic rings. The number of rotatable bonds is 9. The minimum atomic E-state index is -3.10. The average Bonchev–Trinajstić information content (AvgIpc) is 2.85. The second kappa shape index (κ2) is 12.5. The fraction of sp³-hybridized carbons (Fsp3) is 0.759. The lowest BCUT2D eigenvalue weighted by Gasteiger charge is -2.46. The van der Waals surface area contributed by atoms with E-state index in [1.165, 1.54) is 76.7 Å². The average molecular weight is 495 g/mol. The van der Waals surface area contributed by atoms with Gasteiger partial charge in [-0.05, 0) is 80.2 Å². The Bertz CT molecular complexity index is 821. The van der Waals surface area contributed by atoms with E-state index in [0.717, 1.165) is 49.1 Å². The number of ether oxygens (including phenoxy) is 2. The Morgan fingerprint density at radius 1 is 0.971 bits per heavy atom. The molecule has 6 heteroatoms. The minimum absolute atomic E-state index is 0.0422. The van der Waals surface area contributed by atoms with Crippen molar-refractivity contribution in [2.24, 2.45) is 35.5 Å². The van der Waals surface area contributed by atoms with Gasteiger partial charge in [-0.1, -0.05) is 58.3 Å². The summed E-state index contributed by atoms with van der Waals surface area (Å²) in [7, 11) is 0. The highest BCUT2D eigenvalue weighted by Crippen LogP contribution is 2.50. The molecule has 0 saturated heterocycles. The first-order valence-corrected chi connectivity index (χ1v) is 13.9. The SMILES string of the molecule is CCCCCC1CCC(C2CCC3C(CCCC3C(=O)Oc3ccc(OC(F)F)c(F)c3)C2)CC1. The van der Waals surface area contributed by atoms with Crippen LogP contribution in [0.2, 0.25) is 0 Å². The number of esters is 1. The van der Waals surface area contributed by atoms with E-state index in [1.807, 2.05) is 0 Å². The summed E-state index contributed by atoms with van der Waals surface area (Å²) in [5.41, 5.74) is 0. The lowest BCUT2D eigenvalue weighted by molar-refractivity contribution is -0.144. The van der Waals surface area contributed by atoms with Crippen LogP contribution in [-0.4, -0.2) is 12.6 Å². The van der Waals surface area contributed by atoms with Crippen molar-refractivity contribution < 1.29 is 27.4 Å². The molecule has 3 nitrogen and oxygen atoms in total. The van der Waals surface area contributed by atoms with Crippen molar-refractivity contribution in [1.82, 2.24) is 0 Å². The molecular weight excluding hydrogens is 453 g/mol. The first-order chi connectivity index (χ1) is 16.9. The summed E-state index contributed by atoms with van der Waals surface area (Å²) in [6.45, 7) is -0.832. The van der Waals surface area contributed by atoms with Gasteiger partial charge in [-0.25, -0.2) is 4.39 Å². The molecule has 0 spiro atoms. The van der Waals surface area contributed by atoms with Crippen molar-refractivity contribution in [1.29, 1.82) is 0 Å². The van der Waals surface area contributed by atoms with Gasteiger partial charge in [0.2, 0.25) is 0 Å². The Hall–Kier alpha value is -1.72. The monoisotopic (exact) mass is 494 g/mol. The Morgan fingerprint density at radius 2 is 1.74 bits per heavy atom. The molecule has 35 heavy (non-hydrogen) atoms. The smallest absolute Gasteiger partial charge is 0.387 e. The van der Waals surface area contributed by atoms with Crippen LogP contribution in [0.25, 0.3) is 0 Å². The number of hydrogen-bond acceptors (Lipinski definition) is 3. The highest BCUT2D eigenvalue weighted by atomic mass is 19.3. The molecule has 0 N–H and O–H groups in total. The van der Waals surface area contributed by atoms with Crippen molar-refractivity contribution in [3.8, 4) is 11.5 Å². The van der Waals surface area contributed by atoms with Gasteiger partial charge in [0.1, 0.15) is 5.75 Å². The van der Waals surface area contributed by atoms with Crippen molar-refractivity contribution in [3.05, 3.63) is 24.0 Å². The van der Waals surface area contributed by atoms with Crippen molar-refractivity contribution in [3.63, 3.8) is 0 Å². The molecule has 3 saturated carbocycles. The maximum absolute atomic E-state index is 14.0. The first kappa shape index (κ1) is 26.3. The fourth-order valence-electron chi connectivity index (χ4n) is 7.28. The van der Waals surface area contributed by atoms with Crippen LogP contribution in [0.15, 0.2) is 18.2 Å². The van der Waals surface area contributed by atoms with Gasteiger partial charge in [0, 0.05) is 6.07 Å². The minimum Gasteiger partial charge on any atom is -0.432 e. The largest absolute Gasteiger partial charge is 0.432 e. The molecule has 3 aliphatic rings. The maximum atomic E-state index is 14.0. The Labute approximate surface area is 208 Å². The number of benzene rings is 1. The van der Waals surface area contributed by atoms with Gasteiger partial charge < -0.3 is 9.47 Å². The van der Waals surface area contributed by atoms with Crippen molar-refractivity contribution in [2.45, 2.75) is 103 Å². The third-order valence-electron chi connectivity index (χ3n) is 9.10. The number of hydrogen-bond donors (Lipinski definition) is 0. The molecule has 0 aromatic heterocycles. The molecule has 0 bridgehead atoms. The zero-order valence-corrected chi connectivity index (χ0v) is 21.0. The van der Waals surface area contributed by atoms with Crippen molar-refractivity contribution in [2.75, 3.05) is 0 Å². The van der Waals surface area contributed by atoms with Crippen LogP contribution < -0.4 is 9.47 Å². The highest BCUT2D eigenvalue weighted by Gasteiger charge is 2.43. The quantitative estimate of drug-likeness (QED) is 0.196. The number of fused-ring (bicyclic) bond motifs is 1. The number of carbonyl (C=O) groups excluding carboxylic acids is 1. The fourth-order valence-corrected chi connectivity index (χ4v) is 7.28. The lowest BCUT2D eigenvalue weighted by Crippen LogP contribution is -2.40. The van der Waals surface area contributed by atoms with Crippen LogP contribution in [0.4, 0.5) is 13.2 Å². The van der Waals surface area contributed by atoms with E-state index in [4.69, 9.17) is 4.74 Å². The summed E-state index contributed by atoms with van der Waals surface area (Å²) in [6, 6.07) is 3.34. The number of carbonyl (C=O) groups is 1. The van der Waals surface area contributed by atoms with Crippen LogP contribution in [0.3, 0.4) is 0 Å². The van der Waals surface area contributed by atoms with Gasteiger partial charge >= 0.3 is 12.6 Å². The van der Waals surface area contributed by atoms with E-state index in [9.17, 15) is 18.0 Å². The standard InChI is InChI=1S/C29H41F3O3/c1-2-3-4-6-19-9-11-20(12-10-19)21-13-15-24-22(17-21)7-5-8-25(24)28(33)34-23-14-16-27(26(30)18-23)35-29(31)32/h14,16,18-22,24-25,29H,2-13,15,17H2,1H3. The highest BCUT2D eigenvalue weighted by molar-refractivity contribution is 5.75. The van der Waals surface area contributed by atoms with Crippen molar-refractivity contribution >= 4 is 5.97 Å². The predicted octanol–water partition coefficient (Wildman–Crippen LogP) is 8.55. The molecule has 0 radical (unpaired) electrons. The molecule has 0 amide bonds. The van der Waals surface area contributed by atoms with Gasteiger partial charge in [-0.2, -0.15) is 8.78 Å². The molecule has 4 rings (SSSR count). The molecule has 0 heterocycles. The van der Waals surface area contributed by atoms with E-state index in [2.05, 4.69) is 11.7 Å². The Kier molecular flexibility index (Phi) is 9.40. The second-order valence-electron chi connectivity index (χ2n) is 11.2. The molecule has 1 aromatic carbocycles. The Balaban J connectivity index is 1.28. The van der Waals surface area contributed by atoms with Crippen LogP contribution in [-0.2, 0) is 4.79 Å². The molecule has 4 unspecified atom stereocenters. The normalized spacial score (nSPS) is 31.1. The molecule has 3 aliphatic carbocycles. The van der Waals surface area contributed by atoms with Crippen LogP contribution in [0.1, 0.15) is 96.8 Å². The third-order valence-corrected chi connectivity index (χ3v) is 9.10. The van der Waals surface area contributed by atoms with Gasteiger partial charge in [-0.3, -0.25) is 4.79 Å². The summed E-state index contributed by atoms with van der Waals surface area (Å²) < 4.78 is 48.4. The first-order valence-electron chi connectivity index (χ1n) is 13.9. The summed E-state index contributed by atoms with van der Waals surface area (Å²) in [5, 5.41) is 0. The summed E-state index contributed by atoms with van der Waals surface area (Å²) in [6.07, 6.45) is 17.5. The number of alkyl halides is 2. The molecule has 4 atom stereocenters. The predicted molar refractivity (Wildman–Crippen MR) is 130 cm³/mol. The van der Waals surface area contributed by atoms with Gasteiger partial charge in [0.15, 0.2) is 11.6 Å². The van der Waals surface area contributed by atoms with E-state index >= 15 is 0 Å². The van der Waals surface area contributed by atoms with E-state index in [1.54, 1.807) is 0 Å². The van der Waals surface area contributed by atoms with Crippen LogP contribution >= 0.6 is 0 Å². The zero-order valence-electron chi connectivity index (χ0n) is 21.0. The zero-order chi connectivity index (χ0) is 24.8. The molecule has 196 valence electrons. The van der Waals surface area contributed by atoms with Crippen LogP contribution in [0, 0.1) is 41.3 Å². The molecule has 0 aliphatic heterocycles. The number of unbranched alkanes of at least 4 members (excludes halogenated alkanes) is 2. The second-order valence-corrected chi connectivity index (χ2v) is 11.2. The van der Waals surface area contributed by atoms with E-state index < -0.39 is 18.2 Å². The topological polar surface area (TPSA) is 35.5 Å². The number of halogens is 3. The van der Waals surface area contributed by atoms with Gasteiger partial charge in [-0.15, -0.1) is 0 Å². The Morgan fingerprint density at radius 3 is 2.46 bits per heavy atom.